The van der Waals surface area contributed by atoms with Gasteiger partial charge in [-0.15, -0.1) is 0 Å². The first-order valence-corrected chi connectivity index (χ1v) is 4.96. The van der Waals surface area contributed by atoms with Gasteiger partial charge in [-0.3, -0.25) is 9.78 Å². The first kappa shape index (κ1) is 11.7. The van der Waals surface area contributed by atoms with Crippen LogP contribution in [0.15, 0.2) is 24.5 Å². The number of carboxylic acid groups (broad SMARTS) is 1. The molecule has 0 aromatic carbocycles. The normalized spacial score (nSPS) is 12.7. The van der Waals surface area contributed by atoms with Crippen LogP contribution < -0.4 is 5.32 Å². The maximum Gasteiger partial charge on any atom is 0.320 e. The highest BCUT2D eigenvalue weighted by Gasteiger charge is 2.20. The van der Waals surface area contributed by atoms with E-state index in [4.69, 9.17) is 5.11 Å². The van der Waals surface area contributed by atoms with Crippen LogP contribution >= 0.6 is 0 Å². The molecule has 0 aliphatic carbocycles. The zero-order valence-electron chi connectivity index (χ0n) is 8.97. The monoisotopic (exact) mass is 208 g/mol. The molecule has 1 atom stereocenters. The Morgan fingerprint density at radius 2 is 2.33 bits per heavy atom. The molecule has 0 saturated carbocycles. The van der Waals surface area contributed by atoms with Crippen LogP contribution in [0.2, 0.25) is 0 Å². The van der Waals surface area contributed by atoms with Crippen LogP contribution in [-0.4, -0.2) is 22.1 Å². The van der Waals surface area contributed by atoms with Crippen molar-refractivity contribution in [3.63, 3.8) is 0 Å². The van der Waals surface area contributed by atoms with Gasteiger partial charge in [-0.25, -0.2) is 0 Å². The van der Waals surface area contributed by atoms with Gasteiger partial charge in [-0.1, -0.05) is 19.9 Å². The van der Waals surface area contributed by atoms with Crippen molar-refractivity contribution in [3.05, 3.63) is 30.1 Å². The summed E-state index contributed by atoms with van der Waals surface area (Å²) in [5.74, 6) is -0.743. The number of pyridine rings is 1. The molecule has 15 heavy (non-hydrogen) atoms. The topological polar surface area (TPSA) is 62.2 Å². The minimum Gasteiger partial charge on any atom is -0.480 e. The number of hydrogen-bond donors (Lipinski definition) is 2. The number of aromatic nitrogens is 1. The average Bonchev–Trinajstić information content (AvgIpc) is 2.18. The van der Waals surface area contributed by atoms with Crippen LogP contribution in [0.5, 0.6) is 0 Å². The van der Waals surface area contributed by atoms with Crippen molar-refractivity contribution in [1.82, 2.24) is 10.3 Å². The van der Waals surface area contributed by atoms with Crippen LogP contribution in [0.25, 0.3) is 0 Å². The van der Waals surface area contributed by atoms with E-state index in [1.807, 2.05) is 26.0 Å². The highest BCUT2D eigenvalue weighted by Crippen LogP contribution is 2.03. The van der Waals surface area contributed by atoms with Gasteiger partial charge in [0.15, 0.2) is 0 Å². The van der Waals surface area contributed by atoms with E-state index in [-0.39, 0.29) is 5.92 Å². The van der Waals surface area contributed by atoms with Gasteiger partial charge >= 0.3 is 5.97 Å². The van der Waals surface area contributed by atoms with Crippen molar-refractivity contribution in [2.75, 3.05) is 0 Å². The van der Waals surface area contributed by atoms with E-state index >= 15 is 0 Å². The summed E-state index contributed by atoms with van der Waals surface area (Å²) >= 11 is 0. The molecule has 0 aliphatic heterocycles. The second-order valence-corrected chi connectivity index (χ2v) is 3.80. The van der Waals surface area contributed by atoms with Gasteiger partial charge in [0.25, 0.3) is 0 Å². The van der Waals surface area contributed by atoms with Gasteiger partial charge in [0.05, 0.1) is 0 Å². The number of nitrogens with one attached hydrogen (secondary N) is 1. The molecule has 0 radical (unpaired) electrons. The zero-order valence-corrected chi connectivity index (χ0v) is 8.97. The smallest absolute Gasteiger partial charge is 0.320 e. The molecule has 0 fully saturated rings. The molecule has 0 bridgehead atoms. The molecule has 1 aromatic heterocycles. The van der Waals surface area contributed by atoms with Crippen molar-refractivity contribution in [2.24, 2.45) is 5.92 Å². The highest BCUT2D eigenvalue weighted by molar-refractivity contribution is 5.73. The second-order valence-electron chi connectivity index (χ2n) is 3.80. The second kappa shape index (κ2) is 5.46. The molecule has 4 nitrogen and oxygen atoms in total. The molecule has 0 aliphatic rings. The summed E-state index contributed by atoms with van der Waals surface area (Å²) in [6.45, 7) is 4.30. The lowest BCUT2D eigenvalue weighted by Crippen LogP contribution is -2.40. The van der Waals surface area contributed by atoms with Crippen molar-refractivity contribution in [3.8, 4) is 0 Å². The maximum atomic E-state index is 10.9. The fourth-order valence-corrected chi connectivity index (χ4v) is 1.34. The lowest BCUT2D eigenvalue weighted by atomic mass is 10.0. The van der Waals surface area contributed by atoms with E-state index in [1.165, 1.54) is 0 Å². The lowest BCUT2D eigenvalue weighted by molar-refractivity contribution is -0.140. The molecule has 82 valence electrons. The third-order valence-electron chi connectivity index (χ3n) is 2.18. The van der Waals surface area contributed by atoms with Gasteiger partial charge in [0, 0.05) is 18.9 Å². The third kappa shape index (κ3) is 3.67. The summed E-state index contributed by atoms with van der Waals surface area (Å²) in [5.41, 5.74) is 0.990. The van der Waals surface area contributed by atoms with Gasteiger partial charge in [-0.2, -0.15) is 0 Å². The first-order chi connectivity index (χ1) is 7.11. The summed E-state index contributed by atoms with van der Waals surface area (Å²) in [4.78, 5) is 14.8. The van der Waals surface area contributed by atoms with Gasteiger partial charge < -0.3 is 10.4 Å². The van der Waals surface area contributed by atoms with Crippen LogP contribution in [0.4, 0.5) is 0 Å². The van der Waals surface area contributed by atoms with E-state index < -0.39 is 12.0 Å². The number of rotatable bonds is 5. The summed E-state index contributed by atoms with van der Waals surface area (Å²) < 4.78 is 0. The molecule has 0 amide bonds. The van der Waals surface area contributed by atoms with Crippen LogP contribution in [0.1, 0.15) is 19.4 Å². The molecule has 0 spiro atoms. The third-order valence-corrected chi connectivity index (χ3v) is 2.18. The van der Waals surface area contributed by atoms with Crippen LogP contribution in [0, 0.1) is 5.92 Å². The molecule has 1 rings (SSSR count). The van der Waals surface area contributed by atoms with Crippen molar-refractivity contribution in [1.29, 1.82) is 0 Å². The van der Waals surface area contributed by atoms with Crippen LogP contribution in [-0.2, 0) is 11.3 Å². The molecule has 2 N–H and O–H groups in total. The Kier molecular flexibility index (Phi) is 4.24. The number of nitrogens with zero attached hydrogens (tertiary/aromatic N) is 1. The molecule has 0 saturated heterocycles. The number of hydrogen-bond acceptors (Lipinski definition) is 3. The maximum absolute atomic E-state index is 10.9. The fourth-order valence-electron chi connectivity index (χ4n) is 1.34. The molecule has 1 heterocycles. The Bertz CT molecular complexity index is 312. The number of carbonyl (C=O) groups is 1. The van der Waals surface area contributed by atoms with Crippen molar-refractivity contribution >= 4 is 5.97 Å². The summed E-state index contributed by atoms with van der Waals surface area (Å²) in [6.07, 6.45) is 3.42. The molecular formula is C11H16N2O2. The van der Waals surface area contributed by atoms with E-state index in [9.17, 15) is 4.79 Å². The van der Waals surface area contributed by atoms with E-state index in [0.29, 0.717) is 6.54 Å². The SMILES string of the molecule is CC(C)[C@@H](NCc1cccnc1)C(=O)O. The number of aliphatic carboxylic acids is 1. The van der Waals surface area contributed by atoms with Crippen molar-refractivity contribution in [2.45, 2.75) is 26.4 Å². The number of carboxylic acids is 1. The summed E-state index contributed by atoms with van der Waals surface area (Å²) in [6, 6.07) is 3.24. The fraction of sp³-hybridized carbons (Fsp3) is 0.455. The minimum atomic E-state index is -0.811. The average molecular weight is 208 g/mol. The lowest BCUT2D eigenvalue weighted by Gasteiger charge is -2.17. The predicted molar refractivity (Wildman–Crippen MR) is 57.3 cm³/mol. The van der Waals surface area contributed by atoms with Gasteiger partial charge in [-0.05, 0) is 17.5 Å². The summed E-state index contributed by atoms with van der Waals surface area (Å²) in [5, 5.41) is 11.9. The van der Waals surface area contributed by atoms with Crippen LogP contribution in [0.3, 0.4) is 0 Å². The van der Waals surface area contributed by atoms with E-state index in [2.05, 4.69) is 10.3 Å². The molecule has 1 aromatic rings. The zero-order chi connectivity index (χ0) is 11.3. The predicted octanol–water partition coefficient (Wildman–Crippen LogP) is 1.28. The molecular weight excluding hydrogens is 192 g/mol. The largest absolute Gasteiger partial charge is 0.480 e. The molecule has 4 heteroatoms. The Labute approximate surface area is 89.3 Å². The molecule has 0 unspecified atom stereocenters. The Morgan fingerprint density at radius 1 is 1.60 bits per heavy atom. The Balaban J connectivity index is 2.51. The van der Waals surface area contributed by atoms with Crippen molar-refractivity contribution < 1.29 is 9.90 Å². The van der Waals surface area contributed by atoms with Gasteiger partial charge in [0.2, 0.25) is 0 Å². The standard InChI is InChI=1S/C11H16N2O2/c1-8(2)10(11(14)15)13-7-9-4-3-5-12-6-9/h3-6,8,10,13H,7H2,1-2H3,(H,14,15)/t10-/m1/s1. The summed E-state index contributed by atoms with van der Waals surface area (Å²) in [7, 11) is 0. The van der Waals surface area contributed by atoms with E-state index in [1.54, 1.807) is 12.4 Å². The Morgan fingerprint density at radius 3 is 2.80 bits per heavy atom. The van der Waals surface area contributed by atoms with E-state index in [0.717, 1.165) is 5.56 Å². The highest BCUT2D eigenvalue weighted by atomic mass is 16.4. The Hall–Kier alpha value is -1.42. The first-order valence-electron chi connectivity index (χ1n) is 4.96. The minimum absolute atomic E-state index is 0.0687. The quantitative estimate of drug-likeness (QED) is 0.765. The van der Waals surface area contributed by atoms with Gasteiger partial charge in [0.1, 0.15) is 6.04 Å².